The average molecular weight is 468 g/mol. The number of piperidine rings is 1. The summed E-state index contributed by atoms with van der Waals surface area (Å²) < 4.78 is 7.13. The Balaban J connectivity index is 1.32. The van der Waals surface area contributed by atoms with E-state index in [0.29, 0.717) is 23.2 Å². The number of hydrogen-bond donors (Lipinski definition) is 2. The van der Waals surface area contributed by atoms with E-state index < -0.39 is 11.9 Å². The van der Waals surface area contributed by atoms with Crippen LogP contribution in [0, 0.1) is 11.3 Å². The number of fused-ring (bicyclic) bond motifs is 2. The van der Waals surface area contributed by atoms with Gasteiger partial charge < -0.3 is 20.7 Å². The number of nitrogens with one attached hydrogen (secondary N) is 1. The minimum atomic E-state index is -0.632. The molecule has 1 aromatic heterocycles. The zero-order valence-corrected chi connectivity index (χ0v) is 20.0. The number of amides is 3. The van der Waals surface area contributed by atoms with Crippen LogP contribution in [0.25, 0.3) is 10.9 Å². The van der Waals surface area contributed by atoms with E-state index in [-0.39, 0.29) is 47.7 Å². The maximum Gasteiger partial charge on any atom is 0.269 e. The molecule has 9 nitrogen and oxygen atoms in total. The van der Waals surface area contributed by atoms with E-state index in [1.807, 2.05) is 12.1 Å². The topological polar surface area (TPSA) is 120 Å². The summed E-state index contributed by atoms with van der Waals surface area (Å²) in [4.78, 5) is 40.4. The summed E-state index contributed by atoms with van der Waals surface area (Å²) in [6, 6.07) is 6.88. The monoisotopic (exact) mass is 467 g/mol. The number of ether oxygens (including phenoxy) is 1. The number of benzene rings is 1. The summed E-state index contributed by atoms with van der Waals surface area (Å²) in [5.74, 6) is -0.493. The molecular formula is C25H33N5O4. The normalized spacial score (nSPS) is 29.6. The van der Waals surface area contributed by atoms with Crippen molar-refractivity contribution < 1.29 is 19.1 Å². The average Bonchev–Trinajstić information content (AvgIpc) is 3.28. The van der Waals surface area contributed by atoms with Gasteiger partial charge in [0.2, 0.25) is 11.8 Å². The molecule has 0 spiro atoms. The molecular weight excluding hydrogens is 434 g/mol. The first-order valence-electron chi connectivity index (χ1n) is 12.1. The largest absolute Gasteiger partial charge is 0.381 e. The first kappa shape index (κ1) is 22.8. The third-order valence-corrected chi connectivity index (χ3v) is 7.68. The molecule has 9 heteroatoms. The van der Waals surface area contributed by atoms with Crippen LogP contribution in [0.3, 0.4) is 0 Å². The zero-order valence-electron chi connectivity index (χ0n) is 20.0. The lowest BCUT2D eigenvalue weighted by Gasteiger charge is -2.40. The molecule has 1 aromatic carbocycles. The maximum atomic E-state index is 13.4. The van der Waals surface area contributed by atoms with Gasteiger partial charge in [0, 0.05) is 24.6 Å². The number of primary amides is 1. The van der Waals surface area contributed by atoms with Gasteiger partial charge in [-0.1, -0.05) is 32.0 Å². The third-order valence-electron chi connectivity index (χ3n) is 7.68. The highest BCUT2D eigenvalue weighted by atomic mass is 16.5. The smallest absolute Gasteiger partial charge is 0.269 e. The number of nitrogens with zero attached hydrogens (tertiary/aromatic N) is 3. The van der Waals surface area contributed by atoms with Gasteiger partial charge in [-0.05, 0) is 49.5 Å². The Bertz CT molecular complexity index is 1140. The van der Waals surface area contributed by atoms with Gasteiger partial charge >= 0.3 is 0 Å². The number of aromatic nitrogens is 2. The molecule has 0 unspecified atom stereocenters. The van der Waals surface area contributed by atoms with Crippen molar-refractivity contribution in [2.24, 2.45) is 17.1 Å². The van der Waals surface area contributed by atoms with Crippen LogP contribution in [0.5, 0.6) is 0 Å². The minimum Gasteiger partial charge on any atom is -0.381 e. The van der Waals surface area contributed by atoms with Crippen molar-refractivity contribution >= 4 is 28.6 Å². The SMILES string of the molecule is CO[C@H]1C[C@@H](NC(=O)[C@@H]2C[C@H]3C[C@H]3N2C(=O)Cn2nc(C(N)=O)c3ccccc32)CC(C)(C)C1. The Kier molecular flexibility index (Phi) is 5.62. The Morgan fingerprint density at radius 1 is 1.18 bits per heavy atom. The molecule has 3 aliphatic rings. The number of para-hydroxylation sites is 1. The first-order valence-corrected chi connectivity index (χ1v) is 12.1. The molecule has 1 aliphatic heterocycles. The molecule has 0 radical (unpaired) electrons. The fraction of sp³-hybridized carbons (Fsp3) is 0.600. The van der Waals surface area contributed by atoms with Crippen molar-refractivity contribution in [3.63, 3.8) is 0 Å². The standard InChI is InChI=1S/C25H33N5O4/c1-25(2)11-15(10-16(12-25)34-3)27-24(33)20-9-14-8-19(14)30(20)21(31)13-29-18-7-5-4-6-17(18)22(28-29)23(26)32/h4-7,14-16,19-20H,8-13H2,1-3H3,(H2,26,32)(H,27,33)/t14-,15-,16+,19-,20+/m1/s1. The second kappa shape index (κ2) is 8.37. The molecule has 5 atom stereocenters. The fourth-order valence-corrected chi connectivity index (χ4v) is 6.13. The second-order valence-electron chi connectivity index (χ2n) is 10.9. The summed E-state index contributed by atoms with van der Waals surface area (Å²) in [5.41, 5.74) is 6.40. The predicted octanol–water partition coefficient (Wildman–Crippen LogP) is 1.83. The van der Waals surface area contributed by atoms with Crippen LogP contribution in [0.1, 0.15) is 56.4 Å². The summed E-state index contributed by atoms with van der Waals surface area (Å²) in [5, 5.41) is 8.16. The van der Waals surface area contributed by atoms with Crippen LogP contribution in [-0.4, -0.2) is 63.7 Å². The van der Waals surface area contributed by atoms with E-state index >= 15 is 0 Å². The van der Waals surface area contributed by atoms with Crippen molar-refractivity contribution in [1.29, 1.82) is 0 Å². The van der Waals surface area contributed by atoms with Crippen LogP contribution in [0.4, 0.5) is 0 Å². The van der Waals surface area contributed by atoms with E-state index in [0.717, 1.165) is 25.7 Å². The van der Waals surface area contributed by atoms with Gasteiger partial charge in [0.05, 0.1) is 11.6 Å². The van der Waals surface area contributed by atoms with Gasteiger partial charge in [-0.3, -0.25) is 19.1 Å². The zero-order chi connectivity index (χ0) is 24.2. The molecule has 1 saturated heterocycles. The second-order valence-corrected chi connectivity index (χ2v) is 10.9. The number of rotatable bonds is 6. The number of nitrogens with two attached hydrogens (primary N) is 1. The van der Waals surface area contributed by atoms with Crippen molar-refractivity contribution in [1.82, 2.24) is 20.0 Å². The molecule has 2 heterocycles. The maximum absolute atomic E-state index is 13.4. The lowest BCUT2D eigenvalue weighted by Crippen LogP contribution is -2.53. The van der Waals surface area contributed by atoms with Crippen molar-refractivity contribution in [3.8, 4) is 0 Å². The summed E-state index contributed by atoms with van der Waals surface area (Å²) in [6.07, 6.45) is 4.40. The van der Waals surface area contributed by atoms with E-state index in [1.54, 1.807) is 24.1 Å². The molecule has 2 aliphatic carbocycles. The fourth-order valence-electron chi connectivity index (χ4n) is 6.13. The lowest BCUT2D eigenvalue weighted by atomic mass is 9.73. The van der Waals surface area contributed by atoms with Crippen molar-refractivity contribution in [2.75, 3.05) is 7.11 Å². The van der Waals surface area contributed by atoms with Crippen LogP contribution >= 0.6 is 0 Å². The molecule has 34 heavy (non-hydrogen) atoms. The van der Waals surface area contributed by atoms with Crippen molar-refractivity contribution in [2.45, 2.75) is 76.7 Å². The predicted molar refractivity (Wildman–Crippen MR) is 126 cm³/mol. The third kappa shape index (κ3) is 4.17. The Morgan fingerprint density at radius 2 is 1.94 bits per heavy atom. The molecule has 5 rings (SSSR count). The lowest BCUT2D eigenvalue weighted by molar-refractivity contribution is -0.141. The number of carbonyl (C=O) groups is 3. The van der Waals surface area contributed by atoms with Crippen LogP contribution in [0.2, 0.25) is 0 Å². The number of methoxy groups -OCH3 is 1. The number of carbonyl (C=O) groups excluding carboxylic acids is 3. The van der Waals surface area contributed by atoms with E-state index in [9.17, 15) is 14.4 Å². The molecule has 3 fully saturated rings. The molecule has 2 saturated carbocycles. The number of hydrogen-bond acceptors (Lipinski definition) is 5. The van der Waals surface area contributed by atoms with Crippen molar-refractivity contribution in [3.05, 3.63) is 30.0 Å². The Labute approximate surface area is 199 Å². The van der Waals surface area contributed by atoms with E-state index in [2.05, 4.69) is 24.3 Å². The van der Waals surface area contributed by atoms with Gasteiger partial charge in [0.1, 0.15) is 12.6 Å². The van der Waals surface area contributed by atoms with Gasteiger partial charge in [-0.15, -0.1) is 0 Å². The molecule has 2 aromatic rings. The molecule has 3 N–H and O–H groups in total. The van der Waals surface area contributed by atoms with Gasteiger partial charge in [-0.2, -0.15) is 5.10 Å². The van der Waals surface area contributed by atoms with Crippen LogP contribution < -0.4 is 11.1 Å². The summed E-state index contributed by atoms with van der Waals surface area (Å²) in [6.45, 7) is 4.36. The minimum absolute atomic E-state index is 0.0308. The van der Waals surface area contributed by atoms with E-state index in [4.69, 9.17) is 10.5 Å². The molecule has 0 bridgehead atoms. The highest BCUT2D eigenvalue weighted by Gasteiger charge is 2.56. The van der Waals surface area contributed by atoms with Gasteiger partial charge in [0.15, 0.2) is 5.69 Å². The van der Waals surface area contributed by atoms with Crippen LogP contribution in [-0.2, 0) is 20.9 Å². The van der Waals surface area contributed by atoms with Crippen LogP contribution in [0.15, 0.2) is 24.3 Å². The summed E-state index contributed by atoms with van der Waals surface area (Å²) >= 11 is 0. The first-order chi connectivity index (χ1) is 16.2. The highest BCUT2D eigenvalue weighted by Crippen LogP contribution is 2.48. The summed E-state index contributed by atoms with van der Waals surface area (Å²) in [7, 11) is 1.72. The quantitative estimate of drug-likeness (QED) is 0.672. The van der Waals surface area contributed by atoms with Gasteiger partial charge in [0.25, 0.3) is 5.91 Å². The highest BCUT2D eigenvalue weighted by molar-refractivity contribution is 6.04. The molecule has 3 amide bonds. The Hall–Kier alpha value is -2.94. The van der Waals surface area contributed by atoms with Gasteiger partial charge in [-0.25, -0.2) is 0 Å². The number of likely N-dealkylation sites (tertiary alicyclic amines) is 1. The Morgan fingerprint density at radius 3 is 2.68 bits per heavy atom. The van der Waals surface area contributed by atoms with E-state index in [1.165, 1.54) is 4.68 Å². The molecule has 182 valence electrons.